The van der Waals surface area contributed by atoms with Crippen LogP contribution < -0.4 is 10.9 Å². The summed E-state index contributed by atoms with van der Waals surface area (Å²) in [6, 6.07) is 4.21. The standard InChI is InChI=1S/C20H24N4O2S/c1-6-17-22-18-19(27-17)14(5)23-24(20(18)26)10-16(25)21-9-15-12(3)7-11(2)8-13(15)4/h7-8H,6,9-10H2,1-5H3,(H,21,25). The SMILES string of the molecule is CCc1nc2c(=O)n(CC(=O)NCc3c(C)cc(C)cc3C)nc(C)c2s1. The van der Waals surface area contributed by atoms with Crippen LogP contribution in [0.4, 0.5) is 0 Å². The van der Waals surface area contributed by atoms with E-state index in [0.29, 0.717) is 12.1 Å². The predicted octanol–water partition coefficient (Wildman–Crippen LogP) is 2.97. The minimum absolute atomic E-state index is 0.113. The van der Waals surface area contributed by atoms with Gasteiger partial charge in [-0.1, -0.05) is 24.6 Å². The zero-order valence-corrected chi connectivity index (χ0v) is 17.2. The molecule has 27 heavy (non-hydrogen) atoms. The first-order valence-electron chi connectivity index (χ1n) is 9.00. The molecule has 0 bridgehead atoms. The highest BCUT2D eigenvalue weighted by molar-refractivity contribution is 7.18. The maximum absolute atomic E-state index is 12.6. The summed E-state index contributed by atoms with van der Waals surface area (Å²) in [4.78, 5) is 29.4. The molecule has 3 aromatic rings. The van der Waals surface area contributed by atoms with Gasteiger partial charge in [-0.25, -0.2) is 9.67 Å². The molecule has 2 aromatic heterocycles. The molecular formula is C20H24N4O2S. The molecule has 0 saturated heterocycles. The van der Waals surface area contributed by atoms with Crippen molar-refractivity contribution < 1.29 is 4.79 Å². The lowest BCUT2D eigenvalue weighted by Gasteiger charge is -2.13. The summed E-state index contributed by atoms with van der Waals surface area (Å²) in [5.41, 5.74) is 5.42. The van der Waals surface area contributed by atoms with E-state index in [9.17, 15) is 9.59 Å². The summed E-state index contributed by atoms with van der Waals surface area (Å²) < 4.78 is 2.01. The van der Waals surface area contributed by atoms with Crippen LogP contribution in [0.5, 0.6) is 0 Å². The van der Waals surface area contributed by atoms with Crippen LogP contribution in [-0.4, -0.2) is 20.7 Å². The molecule has 1 amide bonds. The number of hydrogen-bond acceptors (Lipinski definition) is 5. The number of aromatic nitrogens is 3. The minimum atomic E-state index is -0.315. The second kappa shape index (κ2) is 7.60. The van der Waals surface area contributed by atoms with Gasteiger partial charge in [0.15, 0.2) is 5.52 Å². The molecule has 142 valence electrons. The van der Waals surface area contributed by atoms with Crippen molar-refractivity contribution in [3.05, 3.63) is 55.4 Å². The smallest absolute Gasteiger partial charge is 0.294 e. The average molecular weight is 385 g/mol. The molecule has 0 fully saturated rings. The van der Waals surface area contributed by atoms with E-state index >= 15 is 0 Å². The van der Waals surface area contributed by atoms with E-state index in [1.807, 2.05) is 27.7 Å². The van der Waals surface area contributed by atoms with Gasteiger partial charge in [-0.2, -0.15) is 5.10 Å². The fourth-order valence-corrected chi connectivity index (χ4v) is 4.21. The number of carbonyl (C=O) groups excluding carboxylic acids is 1. The zero-order chi connectivity index (χ0) is 19.7. The molecular weight excluding hydrogens is 360 g/mol. The van der Waals surface area contributed by atoms with Crippen LogP contribution in [0.15, 0.2) is 16.9 Å². The molecule has 0 unspecified atom stereocenters. The first kappa shape index (κ1) is 19.2. The van der Waals surface area contributed by atoms with Crippen molar-refractivity contribution in [1.29, 1.82) is 0 Å². The summed E-state index contributed by atoms with van der Waals surface area (Å²) in [6.07, 6.45) is 0.772. The number of nitrogens with zero attached hydrogens (tertiary/aromatic N) is 3. The lowest BCUT2D eigenvalue weighted by atomic mass is 10.00. The van der Waals surface area contributed by atoms with Crippen molar-refractivity contribution >= 4 is 27.5 Å². The molecule has 0 saturated carbocycles. The minimum Gasteiger partial charge on any atom is -0.350 e. The Kier molecular flexibility index (Phi) is 5.41. The molecule has 0 aliphatic rings. The number of benzene rings is 1. The van der Waals surface area contributed by atoms with Gasteiger partial charge in [-0.3, -0.25) is 9.59 Å². The van der Waals surface area contributed by atoms with Gasteiger partial charge in [0.1, 0.15) is 6.54 Å². The van der Waals surface area contributed by atoms with E-state index in [2.05, 4.69) is 34.5 Å². The number of nitrogens with one attached hydrogen (secondary N) is 1. The topological polar surface area (TPSA) is 76.9 Å². The van der Waals surface area contributed by atoms with Crippen molar-refractivity contribution in [2.45, 2.75) is 54.1 Å². The van der Waals surface area contributed by atoms with Gasteiger partial charge in [-0.05, 0) is 50.8 Å². The molecule has 3 rings (SSSR count). The van der Waals surface area contributed by atoms with Gasteiger partial charge >= 0.3 is 0 Å². The third-order valence-corrected chi connectivity index (χ3v) is 5.91. The molecule has 6 nitrogen and oxygen atoms in total. The Balaban J connectivity index is 1.79. The van der Waals surface area contributed by atoms with E-state index in [4.69, 9.17) is 0 Å². The van der Waals surface area contributed by atoms with Gasteiger partial charge in [0.25, 0.3) is 5.56 Å². The monoisotopic (exact) mass is 384 g/mol. The maximum Gasteiger partial charge on any atom is 0.294 e. The Morgan fingerprint density at radius 2 is 1.85 bits per heavy atom. The molecule has 1 aromatic carbocycles. The van der Waals surface area contributed by atoms with Gasteiger partial charge < -0.3 is 5.32 Å². The lowest BCUT2D eigenvalue weighted by Crippen LogP contribution is -2.34. The van der Waals surface area contributed by atoms with Gasteiger partial charge in [0.2, 0.25) is 5.91 Å². The Labute approximate surface area is 162 Å². The van der Waals surface area contributed by atoms with Crippen LogP contribution in [0, 0.1) is 27.7 Å². The number of rotatable bonds is 5. The summed E-state index contributed by atoms with van der Waals surface area (Å²) in [6.45, 7) is 10.3. The van der Waals surface area contributed by atoms with Gasteiger partial charge in [0, 0.05) is 6.54 Å². The number of fused-ring (bicyclic) bond motifs is 1. The molecule has 0 aliphatic heterocycles. The first-order chi connectivity index (χ1) is 12.8. The van der Waals surface area contributed by atoms with E-state index < -0.39 is 0 Å². The van der Waals surface area contributed by atoms with Crippen molar-refractivity contribution in [3.8, 4) is 0 Å². The molecule has 0 radical (unpaired) electrons. The quantitative estimate of drug-likeness (QED) is 0.734. The molecule has 7 heteroatoms. The fraction of sp³-hybridized carbons (Fsp3) is 0.400. The molecule has 2 heterocycles. The van der Waals surface area contributed by atoms with Crippen LogP contribution >= 0.6 is 11.3 Å². The zero-order valence-electron chi connectivity index (χ0n) is 16.3. The van der Waals surface area contributed by atoms with Crippen LogP contribution in [-0.2, 0) is 24.3 Å². The maximum atomic E-state index is 12.6. The summed E-state index contributed by atoms with van der Waals surface area (Å²) in [7, 11) is 0. The predicted molar refractivity (Wildman–Crippen MR) is 108 cm³/mol. The lowest BCUT2D eigenvalue weighted by molar-refractivity contribution is -0.122. The number of aryl methyl sites for hydroxylation is 5. The highest BCUT2D eigenvalue weighted by Crippen LogP contribution is 2.22. The van der Waals surface area contributed by atoms with Crippen LogP contribution in [0.2, 0.25) is 0 Å². The van der Waals surface area contributed by atoms with E-state index in [1.165, 1.54) is 21.6 Å². The number of thiazole rings is 1. The van der Waals surface area contributed by atoms with E-state index in [0.717, 1.165) is 38.5 Å². The Morgan fingerprint density at radius 3 is 2.48 bits per heavy atom. The molecule has 0 atom stereocenters. The highest BCUT2D eigenvalue weighted by atomic mass is 32.1. The number of carbonyl (C=O) groups is 1. The van der Waals surface area contributed by atoms with Crippen LogP contribution in [0.3, 0.4) is 0 Å². The van der Waals surface area contributed by atoms with Crippen molar-refractivity contribution in [3.63, 3.8) is 0 Å². The van der Waals surface area contributed by atoms with Crippen molar-refractivity contribution in [2.75, 3.05) is 0 Å². The first-order valence-corrected chi connectivity index (χ1v) is 9.82. The summed E-state index contributed by atoms with van der Waals surface area (Å²) >= 11 is 1.49. The van der Waals surface area contributed by atoms with Gasteiger partial charge in [0.05, 0.1) is 15.4 Å². The van der Waals surface area contributed by atoms with Gasteiger partial charge in [-0.15, -0.1) is 11.3 Å². The highest BCUT2D eigenvalue weighted by Gasteiger charge is 2.15. The molecule has 1 N–H and O–H groups in total. The summed E-state index contributed by atoms with van der Waals surface area (Å²) in [5.74, 6) is -0.242. The van der Waals surface area contributed by atoms with Crippen molar-refractivity contribution in [1.82, 2.24) is 20.1 Å². The number of hydrogen-bond donors (Lipinski definition) is 1. The second-order valence-electron chi connectivity index (χ2n) is 6.84. The van der Waals surface area contributed by atoms with Crippen LogP contribution in [0.25, 0.3) is 10.2 Å². The Morgan fingerprint density at radius 1 is 1.19 bits per heavy atom. The third-order valence-electron chi connectivity index (χ3n) is 4.61. The summed E-state index contributed by atoms with van der Waals surface area (Å²) in [5, 5.41) is 8.11. The Bertz CT molecular complexity index is 1060. The second-order valence-corrected chi connectivity index (χ2v) is 7.92. The largest absolute Gasteiger partial charge is 0.350 e. The van der Waals surface area contributed by atoms with Crippen molar-refractivity contribution in [2.24, 2.45) is 0 Å². The normalized spacial score (nSPS) is 11.1. The fourth-order valence-electron chi connectivity index (χ4n) is 3.27. The molecule has 0 spiro atoms. The number of amides is 1. The third kappa shape index (κ3) is 3.93. The average Bonchev–Trinajstić information content (AvgIpc) is 3.04. The van der Waals surface area contributed by atoms with Crippen LogP contribution in [0.1, 0.15) is 39.9 Å². The Hall–Kier alpha value is -2.54. The van der Waals surface area contributed by atoms with E-state index in [1.54, 1.807) is 0 Å². The molecule has 0 aliphatic carbocycles. The van der Waals surface area contributed by atoms with E-state index in [-0.39, 0.29) is 18.0 Å².